The van der Waals surface area contributed by atoms with Gasteiger partial charge in [-0.05, 0) is 88.4 Å². The molecule has 0 atom stereocenters. The molecule has 0 fully saturated rings. The molecule has 2 aromatic carbocycles. The van der Waals surface area contributed by atoms with Gasteiger partial charge in [0.1, 0.15) is 17.9 Å². The van der Waals surface area contributed by atoms with Gasteiger partial charge in [-0.15, -0.1) is 0 Å². The van der Waals surface area contributed by atoms with Gasteiger partial charge in [0.05, 0.1) is 19.3 Å². The fraction of sp³-hybridized carbons (Fsp3) is 0.405. The second kappa shape index (κ2) is 15.6. The lowest BCUT2D eigenvalue weighted by atomic mass is 9.98. The number of ether oxygens (including phenoxy) is 4. The molecule has 10 heteroatoms. The van der Waals surface area contributed by atoms with E-state index in [1.54, 1.807) is 44.8 Å². The Morgan fingerprint density at radius 1 is 0.915 bits per heavy atom. The summed E-state index contributed by atoms with van der Waals surface area (Å²) in [5.74, 6) is 1.02. The first-order valence-corrected chi connectivity index (χ1v) is 16.0. The number of carbonyl (C=O) groups excluding carboxylic acids is 2. The van der Waals surface area contributed by atoms with Gasteiger partial charge in [0.15, 0.2) is 17.2 Å². The number of hydrogen-bond donors (Lipinski definition) is 1. The van der Waals surface area contributed by atoms with Crippen LogP contribution in [0.2, 0.25) is 0 Å². The van der Waals surface area contributed by atoms with E-state index in [1.807, 2.05) is 44.2 Å². The Labute approximate surface area is 277 Å². The minimum Gasteiger partial charge on any atom is -0.487 e. The summed E-state index contributed by atoms with van der Waals surface area (Å²) in [6, 6.07) is 17.7. The lowest BCUT2D eigenvalue weighted by molar-refractivity contribution is 0.0513. The molecule has 0 spiro atoms. The maximum atomic E-state index is 13.6. The first-order chi connectivity index (χ1) is 22.4. The van der Waals surface area contributed by atoms with Gasteiger partial charge in [0.2, 0.25) is 0 Å². The first-order valence-electron chi connectivity index (χ1n) is 16.0. The van der Waals surface area contributed by atoms with Gasteiger partial charge in [0.25, 0.3) is 0 Å². The van der Waals surface area contributed by atoms with Crippen LogP contribution in [0.25, 0.3) is 22.4 Å². The number of rotatable bonds is 13. The molecule has 4 rings (SSSR count). The van der Waals surface area contributed by atoms with Crippen molar-refractivity contribution >= 4 is 12.1 Å². The SMILES string of the molecule is CCOC(=O)c1c(-c2ccc(OCc3ccc(C(C)C)cc3)c(OC(C)C)c2)c(-c2ccncc2)nn1CCNC(=O)OC(C)(C)C. The summed E-state index contributed by atoms with van der Waals surface area (Å²) < 4.78 is 25.0. The Kier molecular flexibility index (Phi) is 11.6. The summed E-state index contributed by atoms with van der Waals surface area (Å²) in [6.07, 6.45) is 2.65. The van der Waals surface area contributed by atoms with Crippen LogP contribution in [0.1, 0.15) is 82.9 Å². The minimum atomic E-state index is -0.641. The number of nitrogens with one attached hydrogen (secondary N) is 1. The van der Waals surface area contributed by atoms with E-state index in [9.17, 15) is 9.59 Å². The average molecular weight is 643 g/mol. The van der Waals surface area contributed by atoms with Crippen molar-refractivity contribution in [3.63, 3.8) is 0 Å². The standard InChI is InChI=1S/C37H46N4O6/c1-9-44-35(42)34-32(33(28-16-18-38-19-17-28)40-41(34)21-20-39-36(43)47-37(6,7)8)29-14-15-30(31(22-29)46-25(4)5)45-23-26-10-12-27(13-11-26)24(2)3/h10-19,22,24-25H,9,20-21,23H2,1-8H3,(H,39,43). The maximum absolute atomic E-state index is 13.6. The molecule has 0 radical (unpaired) electrons. The van der Waals surface area contributed by atoms with E-state index in [1.165, 1.54) is 5.56 Å². The number of aromatic nitrogens is 3. The highest BCUT2D eigenvalue weighted by Crippen LogP contribution is 2.40. The number of carbonyl (C=O) groups is 2. The van der Waals surface area contributed by atoms with E-state index in [0.717, 1.165) is 11.1 Å². The maximum Gasteiger partial charge on any atom is 0.407 e. The van der Waals surface area contributed by atoms with Crippen LogP contribution in [0, 0.1) is 0 Å². The summed E-state index contributed by atoms with van der Waals surface area (Å²) in [6.45, 7) is 16.3. The highest BCUT2D eigenvalue weighted by atomic mass is 16.6. The van der Waals surface area contributed by atoms with E-state index >= 15 is 0 Å². The van der Waals surface area contributed by atoms with Crippen LogP contribution in [0.3, 0.4) is 0 Å². The van der Waals surface area contributed by atoms with Crippen molar-refractivity contribution < 1.29 is 28.5 Å². The van der Waals surface area contributed by atoms with Crippen molar-refractivity contribution in [1.29, 1.82) is 0 Å². The van der Waals surface area contributed by atoms with Gasteiger partial charge in [-0.3, -0.25) is 9.67 Å². The monoisotopic (exact) mass is 642 g/mol. The third-order valence-electron chi connectivity index (χ3n) is 7.00. The van der Waals surface area contributed by atoms with E-state index in [0.29, 0.717) is 40.8 Å². The van der Waals surface area contributed by atoms with Crippen molar-refractivity contribution in [2.45, 2.75) is 86.2 Å². The lowest BCUT2D eigenvalue weighted by Crippen LogP contribution is -2.34. The van der Waals surface area contributed by atoms with Gasteiger partial charge >= 0.3 is 12.1 Å². The number of benzene rings is 2. The molecule has 0 saturated heterocycles. The smallest absolute Gasteiger partial charge is 0.407 e. The molecule has 1 N–H and O–H groups in total. The Morgan fingerprint density at radius 3 is 2.23 bits per heavy atom. The second-order valence-corrected chi connectivity index (χ2v) is 12.7. The molecule has 0 saturated carbocycles. The van der Waals surface area contributed by atoms with Crippen LogP contribution in [0.15, 0.2) is 67.0 Å². The lowest BCUT2D eigenvalue weighted by Gasteiger charge is -2.19. The van der Waals surface area contributed by atoms with Crippen molar-refractivity contribution in [2.24, 2.45) is 0 Å². The fourth-order valence-electron chi connectivity index (χ4n) is 4.88. The summed E-state index contributed by atoms with van der Waals surface area (Å²) in [5, 5.41) is 7.61. The summed E-state index contributed by atoms with van der Waals surface area (Å²) >= 11 is 0. The molecule has 0 aliphatic carbocycles. The highest BCUT2D eigenvalue weighted by Gasteiger charge is 2.28. The largest absolute Gasteiger partial charge is 0.487 e. The van der Waals surface area contributed by atoms with Crippen LogP contribution in [0.5, 0.6) is 11.5 Å². The number of alkyl carbamates (subject to hydrolysis) is 1. The van der Waals surface area contributed by atoms with Crippen LogP contribution >= 0.6 is 0 Å². The van der Waals surface area contributed by atoms with Crippen molar-refractivity contribution in [1.82, 2.24) is 20.1 Å². The fourth-order valence-corrected chi connectivity index (χ4v) is 4.88. The average Bonchev–Trinajstić information content (AvgIpc) is 3.39. The topological polar surface area (TPSA) is 114 Å². The number of amides is 1. The molecule has 0 aliphatic rings. The van der Waals surface area contributed by atoms with Crippen LogP contribution in [0.4, 0.5) is 4.79 Å². The molecule has 1 amide bonds. The first kappa shape index (κ1) is 35.0. The predicted molar refractivity (Wildman–Crippen MR) is 182 cm³/mol. The van der Waals surface area contributed by atoms with E-state index < -0.39 is 17.7 Å². The number of esters is 1. The summed E-state index contributed by atoms with van der Waals surface area (Å²) in [4.78, 5) is 30.1. The molecular weight excluding hydrogens is 596 g/mol. The zero-order chi connectivity index (χ0) is 34.1. The number of pyridine rings is 1. The molecule has 47 heavy (non-hydrogen) atoms. The van der Waals surface area contributed by atoms with E-state index in [2.05, 4.69) is 48.4 Å². The Balaban J connectivity index is 1.75. The molecule has 250 valence electrons. The number of hydrogen-bond acceptors (Lipinski definition) is 8. The molecule has 0 bridgehead atoms. The van der Waals surface area contributed by atoms with E-state index in [4.69, 9.17) is 24.0 Å². The van der Waals surface area contributed by atoms with Gasteiger partial charge in [-0.1, -0.05) is 44.2 Å². The quantitative estimate of drug-likeness (QED) is 0.147. The van der Waals surface area contributed by atoms with Crippen molar-refractivity contribution in [3.05, 3.63) is 83.8 Å². The Bertz CT molecular complexity index is 1640. The predicted octanol–water partition coefficient (Wildman–Crippen LogP) is 7.80. The summed E-state index contributed by atoms with van der Waals surface area (Å²) in [7, 11) is 0. The van der Waals surface area contributed by atoms with E-state index in [-0.39, 0.29) is 31.5 Å². The molecule has 0 unspecified atom stereocenters. The zero-order valence-corrected chi connectivity index (χ0v) is 28.6. The highest BCUT2D eigenvalue weighted by molar-refractivity contribution is 6.00. The van der Waals surface area contributed by atoms with Crippen LogP contribution in [-0.4, -0.2) is 51.7 Å². The third-order valence-corrected chi connectivity index (χ3v) is 7.00. The second-order valence-electron chi connectivity index (χ2n) is 12.7. The zero-order valence-electron chi connectivity index (χ0n) is 28.6. The van der Waals surface area contributed by atoms with Gasteiger partial charge in [0, 0.05) is 30.1 Å². The van der Waals surface area contributed by atoms with Gasteiger partial charge < -0.3 is 24.3 Å². The molecule has 2 heterocycles. The normalized spacial score (nSPS) is 11.4. The molecule has 10 nitrogen and oxygen atoms in total. The van der Waals surface area contributed by atoms with Crippen molar-refractivity contribution in [2.75, 3.05) is 13.2 Å². The van der Waals surface area contributed by atoms with Gasteiger partial charge in [-0.25, -0.2) is 9.59 Å². The molecule has 4 aromatic rings. The van der Waals surface area contributed by atoms with Crippen LogP contribution in [-0.2, 0) is 22.6 Å². The van der Waals surface area contributed by atoms with Crippen LogP contribution < -0.4 is 14.8 Å². The Morgan fingerprint density at radius 2 is 1.62 bits per heavy atom. The third kappa shape index (κ3) is 9.57. The summed E-state index contributed by atoms with van der Waals surface area (Å²) in [5.41, 5.74) is 4.49. The molecule has 2 aromatic heterocycles. The number of nitrogens with zero attached hydrogens (tertiary/aromatic N) is 3. The van der Waals surface area contributed by atoms with Crippen molar-refractivity contribution in [3.8, 4) is 33.9 Å². The molecule has 0 aliphatic heterocycles. The Hall–Kier alpha value is -4.86. The molecular formula is C37H46N4O6. The van der Waals surface area contributed by atoms with Gasteiger partial charge in [-0.2, -0.15) is 5.10 Å². The minimum absolute atomic E-state index is 0.135.